The van der Waals surface area contributed by atoms with Crippen molar-refractivity contribution in [2.45, 2.75) is 31.8 Å². The molecule has 3 heterocycles. The van der Waals surface area contributed by atoms with E-state index in [0.29, 0.717) is 0 Å². The van der Waals surface area contributed by atoms with Crippen molar-refractivity contribution >= 4 is 5.82 Å². The highest BCUT2D eigenvalue weighted by Crippen LogP contribution is 2.28. The van der Waals surface area contributed by atoms with E-state index in [1.54, 1.807) is 0 Å². The molecule has 2 fully saturated rings. The van der Waals surface area contributed by atoms with Crippen LogP contribution in [0.2, 0.25) is 0 Å². The van der Waals surface area contributed by atoms with Gasteiger partial charge in [-0.25, -0.2) is 4.98 Å². The van der Waals surface area contributed by atoms with E-state index in [4.69, 9.17) is 5.73 Å². The molecule has 0 amide bonds. The third-order valence-electron chi connectivity index (χ3n) is 4.19. The van der Waals surface area contributed by atoms with Crippen LogP contribution in [0.3, 0.4) is 0 Å². The summed E-state index contributed by atoms with van der Waals surface area (Å²) in [6.07, 6.45) is 4.56. The van der Waals surface area contributed by atoms with Crippen molar-refractivity contribution in [3.8, 4) is 0 Å². The normalized spacial score (nSPS) is 26.1. The quantitative estimate of drug-likeness (QED) is 0.856. The molecule has 2 aliphatic rings. The zero-order valence-corrected chi connectivity index (χ0v) is 11.0. The molecule has 2 saturated heterocycles. The van der Waals surface area contributed by atoms with Crippen LogP contribution in [0.1, 0.15) is 31.4 Å². The first kappa shape index (κ1) is 11.9. The predicted octanol–water partition coefficient (Wildman–Crippen LogP) is 1.39. The van der Waals surface area contributed by atoms with E-state index in [9.17, 15) is 0 Å². The van der Waals surface area contributed by atoms with E-state index >= 15 is 0 Å². The zero-order valence-electron chi connectivity index (χ0n) is 11.0. The average molecular weight is 246 g/mol. The number of pyridine rings is 1. The summed E-state index contributed by atoms with van der Waals surface area (Å²) in [5, 5.41) is 0. The standard InChI is InChI=1S/C14H22N4/c1-11(15)13-5-2-6-16-14(13)18-9-8-17-7-3-4-12(17)10-18/h2,5-6,11-12H,3-4,7-10,15H2,1H3/t11-,12?/m1/s1. The molecular formula is C14H22N4. The smallest absolute Gasteiger partial charge is 0.133 e. The van der Waals surface area contributed by atoms with Crippen LogP contribution in [0.5, 0.6) is 0 Å². The Labute approximate surface area is 109 Å². The van der Waals surface area contributed by atoms with Gasteiger partial charge in [-0.2, -0.15) is 0 Å². The highest BCUT2D eigenvalue weighted by atomic mass is 15.3. The largest absolute Gasteiger partial charge is 0.353 e. The number of nitrogens with zero attached hydrogens (tertiary/aromatic N) is 3. The molecule has 1 aromatic rings. The summed E-state index contributed by atoms with van der Waals surface area (Å²) >= 11 is 0. The van der Waals surface area contributed by atoms with Crippen LogP contribution in [0.4, 0.5) is 5.82 Å². The molecule has 3 rings (SSSR count). The summed E-state index contributed by atoms with van der Waals surface area (Å²) in [6.45, 7) is 6.66. The second-order valence-corrected chi connectivity index (χ2v) is 5.48. The van der Waals surface area contributed by atoms with Crippen molar-refractivity contribution in [2.75, 3.05) is 31.1 Å². The Hall–Kier alpha value is -1.13. The second kappa shape index (κ2) is 4.86. The monoisotopic (exact) mass is 246 g/mol. The maximum atomic E-state index is 6.05. The van der Waals surface area contributed by atoms with Gasteiger partial charge >= 0.3 is 0 Å². The minimum atomic E-state index is 0.0512. The van der Waals surface area contributed by atoms with Crippen LogP contribution in [-0.2, 0) is 0 Å². The minimum Gasteiger partial charge on any atom is -0.353 e. The average Bonchev–Trinajstić information content (AvgIpc) is 2.85. The molecule has 2 atom stereocenters. The van der Waals surface area contributed by atoms with Gasteiger partial charge < -0.3 is 10.6 Å². The first-order chi connectivity index (χ1) is 8.75. The minimum absolute atomic E-state index is 0.0512. The number of fused-ring (bicyclic) bond motifs is 1. The van der Waals surface area contributed by atoms with Crippen LogP contribution >= 0.6 is 0 Å². The Balaban J connectivity index is 1.82. The molecule has 0 radical (unpaired) electrons. The van der Waals surface area contributed by atoms with Crippen LogP contribution in [0.25, 0.3) is 0 Å². The Morgan fingerprint density at radius 1 is 1.39 bits per heavy atom. The Bertz CT molecular complexity index is 418. The van der Waals surface area contributed by atoms with Crippen LogP contribution in [0.15, 0.2) is 18.3 Å². The van der Waals surface area contributed by atoms with Gasteiger partial charge in [0.05, 0.1) is 0 Å². The van der Waals surface area contributed by atoms with E-state index < -0.39 is 0 Å². The van der Waals surface area contributed by atoms with Gasteiger partial charge in [-0.05, 0) is 32.4 Å². The predicted molar refractivity (Wildman–Crippen MR) is 73.6 cm³/mol. The molecule has 1 aromatic heterocycles. The molecule has 4 nitrogen and oxygen atoms in total. The number of anilines is 1. The van der Waals surface area contributed by atoms with Crippen molar-refractivity contribution in [2.24, 2.45) is 5.73 Å². The SMILES string of the molecule is C[C@@H](N)c1cccnc1N1CCN2CCCC2C1. The van der Waals surface area contributed by atoms with Gasteiger partial charge in [0.1, 0.15) is 5.82 Å². The third kappa shape index (κ3) is 2.10. The molecule has 0 aliphatic carbocycles. The molecule has 2 N–H and O–H groups in total. The lowest BCUT2D eigenvalue weighted by Gasteiger charge is -2.39. The molecule has 0 aromatic carbocycles. The topological polar surface area (TPSA) is 45.4 Å². The lowest BCUT2D eigenvalue weighted by molar-refractivity contribution is 0.230. The lowest BCUT2D eigenvalue weighted by atomic mass is 10.1. The molecule has 18 heavy (non-hydrogen) atoms. The van der Waals surface area contributed by atoms with Crippen LogP contribution < -0.4 is 10.6 Å². The fourth-order valence-corrected chi connectivity index (χ4v) is 3.21. The molecule has 1 unspecified atom stereocenters. The fourth-order valence-electron chi connectivity index (χ4n) is 3.21. The summed E-state index contributed by atoms with van der Waals surface area (Å²) in [4.78, 5) is 9.60. The van der Waals surface area contributed by atoms with Gasteiger partial charge in [0.15, 0.2) is 0 Å². The van der Waals surface area contributed by atoms with E-state index in [-0.39, 0.29) is 6.04 Å². The first-order valence-electron chi connectivity index (χ1n) is 6.95. The molecule has 4 heteroatoms. The summed E-state index contributed by atoms with van der Waals surface area (Å²) in [5.74, 6) is 1.10. The van der Waals surface area contributed by atoms with Gasteiger partial charge in [0.25, 0.3) is 0 Å². The number of aromatic nitrogens is 1. The first-order valence-corrected chi connectivity index (χ1v) is 6.95. The van der Waals surface area contributed by atoms with Crippen molar-refractivity contribution in [3.63, 3.8) is 0 Å². The highest BCUT2D eigenvalue weighted by molar-refractivity contribution is 5.49. The van der Waals surface area contributed by atoms with Crippen LogP contribution in [-0.4, -0.2) is 42.1 Å². The van der Waals surface area contributed by atoms with E-state index in [2.05, 4.69) is 20.9 Å². The molecular weight excluding hydrogens is 224 g/mol. The van der Waals surface area contributed by atoms with E-state index in [1.165, 1.54) is 31.5 Å². The summed E-state index contributed by atoms with van der Waals surface area (Å²) in [7, 11) is 0. The molecule has 0 bridgehead atoms. The van der Waals surface area contributed by atoms with Gasteiger partial charge in [-0.15, -0.1) is 0 Å². The molecule has 0 spiro atoms. The summed E-state index contributed by atoms with van der Waals surface area (Å²) in [5.41, 5.74) is 7.22. The van der Waals surface area contributed by atoms with Crippen molar-refractivity contribution in [1.82, 2.24) is 9.88 Å². The molecule has 98 valence electrons. The zero-order chi connectivity index (χ0) is 12.5. The fraction of sp³-hybridized carbons (Fsp3) is 0.643. The maximum Gasteiger partial charge on any atom is 0.133 e. The Morgan fingerprint density at radius 2 is 2.28 bits per heavy atom. The summed E-state index contributed by atoms with van der Waals surface area (Å²) < 4.78 is 0. The molecule has 2 aliphatic heterocycles. The molecule has 0 saturated carbocycles. The van der Waals surface area contributed by atoms with Gasteiger partial charge in [-0.3, -0.25) is 4.90 Å². The number of nitrogens with two attached hydrogens (primary N) is 1. The van der Waals surface area contributed by atoms with Gasteiger partial charge in [-0.1, -0.05) is 6.07 Å². The van der Waals surface area contributed by atoms with Crippen molar-refractivity contribution in [1.29, 1.82) is 0 Å². The number of piperazine rings is 1. The van der Waals surface area contributed by atoms with Crippen LogP contribution in [0, 0.1) is 0 Å². The number of hydrogen-bond acceptors (Lipinski definition) is 4. The van der Waals surface area contributed by atoms with E-state index in [1.807, 2.05) is 19.2 Å². The Morgan fingerprint density at radius 3 is 3.11 bits per heavy atom. The van der Waals surface area contributed by atoms with Crippen molar-refractivity contribution in [3.05, 3.63) is 23.9 Å². The highest BCUT2D eigenvalue weighted by Gasteiger charge is 2.31. The summed E-state index contributed by atoms with van der Waals surface area (Å²) in [6, 6.07) is 4.86. The third-order valence-corrected chi connectivity index (χ3v) is 4.19. The van der Waals surface area contributed by atoms with Gasteiger partial charge in [0, 0.05) is 43.5 Å². The second-order valence-electron chi connectivity index (χ2n) is 5.48. The maximum absolute atomic E-state index is 6.05. The van der Waals surface area contributed by atoms with Crippen molar-refractivity contribution < 1.29 is 0 Å². The lowest BCUT2D eigenvalue weighted by Crippen LogP contribution is -2.50. The van der Waals surface area contributed by atoms with Gasteiger partial charge in [0.2, 0.25) is 0 Å². The number of hydrogen-bond donors (Lipinski definition) is 1. The Kier molecular flexibility index (Phi) is 3.22. The van der Waals surface area contributed by atoms with E-state index in [0.717, 1.165) is 24.9 Å². The number of rotatable bonds is 2.